The quantitative estimate of drug-likeness (QED) is 0.775. The van der Waals surface area contributed by atoms with E-state index in [1.807, 2.05) is 0 Å². The molecule has 2 rings (SSSR count). The van der Waals surface area contributed by atoms with Crippen molar-refractivity contribution in [3.8, 4) is 0 Å². The van der Waals surface area contributed by atoms with Crippen molar-refractivity contribution in [2.24, 2.45) is 4.99 Å². The number of thioether (sulfide) groups is 1. The molecule has 7 nitrogen and oxygen atoms in total. The van der Waals surface area contributed by atoms with Gasteiger partial charge in [0, 0.05) is 25.1 Å². The van der Waals surface area contributed by atoms with Crippen LogP contribution in [0.4, 0.5) is 0 Å². The van der Waals surface area contributed by atoms with Crippen molar-refractivity contribution in [1.82, 2.24) is 4.90 Å². The van der Waals surface area contributed by atoms with Crippen molar-refractivity contribution in [2.75, 3.05) is 18.6 Å². The molecule has 0 radical (unpaired) electrons. The van der Waals surface area contributed by atoms with E-state index in [-0.39, 0.29) is 48.0 Å². The Bertz CT molecular complexity index is 557. The molecule has 2 saturated heterocycles. The molecule has 0 bridgehead atoms. The number of carbonyl (C=O) groups excluding carboxylic acids is 1. The molecule has 0 saturated carbocycles. The van der Waals surface area contributed by atoms with E-state index in [4.69, 9.17) is 5.11 Å². The maximum atomic E-state index is 11.6. The lowest BCUT2D eigenvalue weighted by atomic mass is 10.2. The smallest absolute Gasteiger partial charge is 0.303 e. The molecule has 2 fully saturated rings. The summed E-state index contributed by atoms with van der Waals surface area (Å²) in [5, 5.41) is 8.97. The highest BCUT2D eigenvalue weighted by atomic mass is 32.2. The fourth-order valence-electron chi connectivity index (χ4n) is 2.29. The number of rotatable bonds is 4. The Morgan fingerprint density at radius 3 is 2.70 bits per heavy atom. The van der Waals surface area contributed by atoms with Gasteiger partial charge >= 0.3 is 5.97 Å². The molecule has 0 aromatic rings. The summed E-state index contributed by atoms with van der Waals surface area (Å²) in [5.41, 5.74) is 0. The second kappa shape index (κ2) is 5.72. The van der Waals surface area contributed by atoms with Crippen LogP contribution in [0.5, 0.6) is 0 Å². The molecule has 0 aliphatic carbocycles. The zero-order chi connectivity index (χ0) is 14.9. The van der Waals surface area contributed by atoms with Gasteiger partial charge in [-0.2, -0.15) is 4.99 Å². The number of hydrogen-bond donors (Lipinski definition) is 1. The van der Waals surface area contributed by atoms with Crippen molar-refractivity contribution in [2.45, 2.75) is 30.6 Å². The van der Waals surface area contributed by atoms with Crippen LogP contribution in [0.2, 0.25) is 0 Å². The minimum atomic E-state index is -2.98. The molecule has 112 valence electrons. The predicted molar refractivity (Wildman–Crippen MR) is 75.5 cm³/mol. The van der Waals surface area contributed by atoms with Gasteiger partial charge in [-0.3, -0.25) is 9.59 Å². The van der Waals surface area contributed by atoms with Gasteiger partial charge in [0.1, 0.15) is 0 Å². The summed E-state index contributed by atoms with van der Waals surface area (Å²) in [5.74, 6) is -1.06. The number of fused-ring (bicyclic) bond motifs is 1. The molecule has 1 N–H and O–H groups in total. The van der Waals surface area contributed by atoms with Gasteiger partial charge < -0.3 is 10.0 Å². The first-order valence-corrected chi connectivity index (χ1v) is 8.92. The van der Waals surface area contributed by atoms with Crippen molar-refractivity contribution >= 4 is 38.6 Å². The Morgan fingerprint density at radius 1 is 1.40 bits per heavy atom. The molecule has 2 aliphatic heterocycles. The zero-order valence-corrected chi connectivity index (χ0v) is 12.6. The molecule has 0 aromatic heterocycles. The number of hydrogen-bond acceptors (Lipinski definition) is 5. The fraction of sp³-hybridized carbons (Fsp3) is 0.727. The van der Waals surface area contributed by atoms with E-state index in [2.05, 4.69) is 4.99 Å². The monoisotopic (exact) mass is 320 g/mol. The average Bonchev–Trinajstić information content (AvgIpc) is 2.74. The van der Waals surface area contributed by atoms with Crippen LogP contribution < -0.4 is 0 Å². The first kappa shape index (κ1) is 15.3. The van der Waals surface area contributed by atoms with Gasteiger partial charge in [-0.25, -0.2) is 8.42 Å². The Labute approximate surface area is 121 Å². The van der Waals surface area contributed by atoms with E-state index in [0.29, 0.717) is 5.17 Å². The van der Waals surface area contributed by atoms with Crippen LogP contribution in [0.15, 0.2) is 4.99 Å². The molecule has 0 spiro atoms. The van der Waals surface area contributed by atoms with Crippen LogP contribution >= 0.6 is 11.8 Å². The van der Waals surface area contributed by atoms with Gasteiger partial charge in [0.15, 0.2) is 15.0 Å². The van der Waals surface area contributed by atoms with Crippen molar-refractivity contribution < 1.29 is 23.1 Å². The van der Waals surface area contributed by atoms with Gasteiger partial charge in [-0.1, -0.05) is 11.8 Å². The average molecular weight is 320 g/mol. The summed E-state index contributed by atoms with van der Waals surface area (Å²) in [6.07, 6.45) is 0.307. The van der Waals surface area contributed by atoms with Gasteiger partial charge in [0.2, 0.25) is 5.91 Å². The molecule has 2 unspecified atom stereocenters. The van der Waals surface area contributed by atoms with Crippen LogP contribution in [0, 0.1) is 0 Å². The van der Waals surface area contributed by atoms with Crippen LogP contribution in [-0.2, 0) is 19.4 Å². The summed E-state index contributed by atoms with van der Waals surface area (Å²) in [6.45, 7) is 0. The van der Waals surface area contributed by atoms with Gasteiger partial charge in [0.05, 0.1) is 17.5 Å². The van der Waals surface area contributed by atoms with E-state index in [1.165, 1.54) is 11.8 Å². The molecule has 9 heteroatoms. The SMILES string of the molecule is CN1C(=NC(=O)CCCC(=O)O)SC2CS(=O)(=O)CC21. The number of nitrogens with zero attached hydrogens (tertiary/aromatic N) is 2. The molecule has 0 aromatic carbocycles. The summed E-state index contributed by atoms with van der Waals surface area (Å²) < 4.78 is 23.0. The van der Waals surface area contributed by atoms with E-state index >= 15 is 0 Å². The highest BCUT2D eigenvalue weighted by Crippen LogP contribution is 2.36. The number of carbonyl (C=O) groups is 2. The van der Waals surface area contributed by atoms with E-state index in [0.717, 1.165) is 0 Å². The molecular formula is C11H16N2O5S2. The Balaban J connectivity index is 1.93. The second-order valence-corrected chi connectivity index (χ2v) is 8.31. The predicted octanol–water partition coefficient (Wildman–Crippen LogP) is -0.0319. The number of aliphatic imine (C=N–C) groups is 1. The fourth-order valence-corrected chi connectivity index (χ4v) is 6.30. The van der Waals surface area contributed by atoms with Crippen LogP contribution in [0.3, 0.4) is 0 Å². The minimum Gasteiger partial charge on any atom is -0.481 e. The number of aliphatic carboxylic acids is 1. The topological polar surface area (TPSA) is 104 Å². The van der Waals surface area contributed by atoms with Crippen molar-refractivity contribution in [1.29, 1.82) is 0 Å². The van der Waals surface area contributed by atoms with Crippen molar-refractivity contribution in [3.63, 3.8) is 0 Å². The zero-order valence-electron chi connectivity index (χ0n) is 11.0. The van der Waals surface area contributed by atoms with E-state index in [9.17, 15) is 18.0 Å². The van der Waals surface area contributed by atoms with E-state index < -0.39 is 15.8 Å². The normalized spacial score (nSPS) is 29.6. The maximum absolute atomic E-state index is 11.6. The lowest BCUT2D eigenvalue weighted by Gasteiger charge is -2.17. The Hall–Kier alpha value is -1.09. The molecule has 20 heavy (non-hydrogen) atoms. The second-order valence-electron chi connectivity index (χ2n) is 4.95. The highest BCUT2D eigenvalue weighted by molar-refractivity contribution is 8.15. The minimum absolute atomic E-state index is 0.0525. The summed E-state index contributed by atoms with van der Waals surface area (Å²) in [4.78, 5) is 27.7. The molecule has 2 aliphatic rings. The third kappa shape index (κ3) is 3.51. The number of amides is 1. The van der Waals surface area contributed by atoms with E-state index in [1.54, 1.807) is 11.9 Å². The molecule has 2 atom stereocenters. The summed E-state index contributed by atoms with van der Waals surface area (Å²) in [6, 6.07) is -0.115. The maximum Gasteiger partial charge on any atom is 0.303 e. The van der Waals surface area contributed by atoms with Gasteiger partial charge in [-0.15, -0.1) is 0 Å². The van der Waals surface area contributed by atoms with Crippen LogP contribution in [0.25, 0.3) is 0 Å². The Kier molecular flexibility index (Phi) is 4.38. The molecule has 2 heterocycles. The lowest BCUT2D eigenvalue weighted by Crippen LogP contribution is -2.34. The van der Waals surface area contributed by atoms with Crippen LogP contribution in [-0.4, -0.2) is 65.3 Å². The van der Waals surface area contributed by atoms with Crippen molar-refractivity contribution in [3.05, 3.63) is 0 Å². The summed E-state index contributed by atoms with van der Waals surface area (Å²) in [7, 11) is -1.24. The standard InChI is InChI=1S/C11H16N2O5S2/c1-13-7-5-20(17,18)6-8(7)19-11(13)12-9(14)3-2-4-10(15)16/h7-8H,2-6H2,1H3,(H,15,16). The first-order chi connectivity index (χ1) is 9.28. The number of carboxylic acids is 1. The third-order valence-corrected chi connectivity index (χ3v) is 6.63. The first-order valence-electron chi connectivity index (χ1n) is 6.22. The number of carboxylic acid groups (broad SMARTS) is 1. The van der Waals surface area contributed by atoms with Gasteiger partial charge in [0.25, 0.3) is 0 Å². The van der Waals surface area contributed by atoms with Gasteiger partial charge in [-0.05, 0) is 6.42 Å². The Morgan fingerprint density at radius 2 is 2.10 bits per heavy atom. The largest absolute Gasteiger partial charge is 0.481 e. The number of sulfone groups is 1. The molecule has 1 amide bonds. The molecular weight excluding hydrogens is 304 g/mol. The summed E-state index contributed by atoms with van der Waals surface area (Å²) >= 11 is 1.32. The third-order valence-electron chi connectivity index (χ3n) is 3.33. The van der Waals surface area contributed by atoms with Crippen LogP contribution in [0.1, 0.15) is 19.3 Å². The lowest BCUT2D eigenvalue weighted by molar-refractivity contribution is -0.137. The highest BCUT2D eigenvalue weighted by Gasteiger charge is 2.47. The number of amidine groups is 1.